The van der Waals surface area contributed by atoms with E-state index in [2.05, 4.69) is 36.1 Å². The number of para-hydroxylation sites is 1. The summed E-state index contributed by atoms with van der Waals surface area (Å²) in [6, 6.07) is 7.13. The summed E-state index contributed by atoms with van der Waals surface area (Å²) in [5.74, 6) is 1.06. The topological polar surface area (TPSA) is 75.1 Å². The molecular formula is C19H25N3O2. The van der Waals surface area contributed by atoms with Gasteiger partial charge in [-0.3, -0.25) is 0 Å². The van der Waals surface area contributed by atoms with Crippen LogP contribution in [0.1, 0.15) is 58.2 Å². The van der Waals surface area contributed by atoms with Gasteiger partial charge < -0.3 is 10.4 Å². The zero-order chi connectivity index (χ0) is 17.3. The lowest BCUT2D eigenvalue weighted by Gasteiger charge is -2.22. The van der Waals surface area contributed by atoms with Crippen LogP contribution in [-0.2, 0) is 4.79 Å². The molecule has 2 aromatic rings. The Kier molecular flexibility index (Phi) is 4.43. The van der Waals surface area contributed by atoms with Crippen LogP contribution in [0.3, 0.4) is 0 Å². The van der Waals surface area contributed by atoms with E-state index in [9.17, 15) is 9.90 Å². The first-order valence-corrected chi connectivity index (χ1v) is 8.59. The number of benzene rings is 1. The SMILES string of the molecule is CC(C)(C)CC[C@H](Nc1nc(C2CC2)nc2ccccc12)C(=O)O. The minimum atomic E-state index is -0.838. The van der Waals surface area contributed by atoms with E-state index >= 15 is 0 Å². The molecule has 1 fully saturated rings. The predicted molar refractivity (Wildman–Crippen MR) is 95.2 cm³/mol. The second-order valence-corrected chi connectivity index (χ2v) is 7.86. The Bertz CT molecular complexity index is 748. The number of nitrogens with zero attached hydrogens (tertiary/aromatic N) is 2. The number of hydrogen-bond donors (Lipinski definition) is 2. The van der Waals surface area contributed by atoms with Crippen molar-refractivity contribution in [2.45, 2.75) is 58.4 Å². The number of aromatic nitrogens is 2. The number of carboxylic acid groups (broad SMARTS) is 1. The van der Waals surface area contributed by atoms with E-state index in [0.29, 0.717) is 18.2 Å². The summed E-state index contributed by atoms with van der Waals surface area (Å²) < 4.78 is 0. The van der Waals surface area contributed by atoms with Gasteiger partial charge in [0.1, 0.15) is 17.7 Å². The number of carboxylic acids is 1. The highest BCUT2D eigenvalue weighted by Crippen LogP contribution is 2.39. The molecule has 1 aliphatic carbocycles. The average molecular weight is 327 g/mol. The minimum Gasteiger partial charge on any atom is -0.480 e. The Hall–Kier alpha value is -2.17. The van der Waals surface area contributed by atoms with Gasteiger partial charge in [0.15, 0.2) is 0 Å². The number of rotatable bonds is 6. The molecule has 5 heteroatoms. The summed E-state index contributed by atoms with van der Waals surface area (Å²) in [6.45, 7) is 6.37. The first-order chi connectivity index (χ1) is 11.3. The number of carbonyl (C=O) groups is 1. The highest BCUT2D eigenvalue weighted by atomic mass is 16.4. The molecule has 128 valence electrons. The van der Waals surface area contributed by atoms with Gasteiger partial charge in [-0.05, 0) is 43.2 Å². The van der Waals surface area contributed by atoms with Gasteiger partial charge in [-0.1, -0.05) is 32.9 Å². The van der Waals surface area contributed by atoms with Crippen LogP contribution < -0.4 is 5.32 Å². The quantitative estimate of drug-likeness (QED) is 0.831. The molecule has 0 spiro atoms. The smallest absolute Gasteiger partial charge is 0.326 e. The van der Waals surface area contributed by atoms with E-state index in [0.717, 1.165) is 36.0 Å². The van der Waals surface area contributed by atoms with Gasteiger partial charge in [-0.25, -0.2) is 14.8 Å². The van der Waals surface area contributed by atoms with Gasteiger partial charge in [0.25, 0.3) is 0 Å². The standard InChI is InChI=1S/C19H25N3O2/c1-19(2,3)11-10-15(18(23)24)21-17-13-6-4-5-7-14(13)20-16(22-17)12-8-9-12/h4-7,12,15H,8-11H2,1-3H3,(H,23,24)(H,20,21,22)/t15-/m0/s1. The van der Waals surface area contributed by atoms with Gasteiger partial charge >= 0.3 is 5.97 Å². The van der Waals surface area contributed by atoms with Crippen LogP contribution in [0.15, 0.2) is 24.3 Å². The minimum absolute atomic E-state index is 0.0995. The van der Waals surface area contributed by atoms with Crippen LogP contribution in [-0.4, -0.2) is 27.1 Å². The number of nitrogens with one attached hydrogen (secondary N) is 1. The van der Waals surface area contributed by atoms with E-state index < -0.39 is 12.0 Å². The summed E-state index contributed by atoms with van der Waals surface area (Å²) in [5, 5.41) is 13.6. The van der Waals surface area contributed by atoms with Crippen molar-refractivity contribution >= 4 is 22.7 Å². The largest absolute Gasteiger partial charge is 0.480 e. The van der Waals surface area contributed by atoms with Crippen molar-refractivity contribution in [2.24, 2.45) is 5.41 Å². The summed E-state index contributed by atoms with van der Waals surface area (Å²) >= 11 is 0. The Morgan fingerprint density at radius 2 is 2.00 bits per heavy atom. The lowest BCUT2D eigenvalue weighted by atomic mass is 9.88. The van der Waals surface area contributed by atoms with Crippen LogP contribution in [0.4, 0.5) is 5.82 Å². The Labute approximate surface area is 142 Å². The molecule has 0 radical (unpaired) electrons. The van der Waals surface area contributed by atoms with Crippen molar-refractivity contribution in [3.05, 3.63) is 30.1 Å². The zero-order valence-corrected chi connectivity index (χ0v) is 14.5. The Morgan fingerprint density at radius 1 is 1.29 bits per heavy atom. The fraction of sp³-hybridized carbons (Fsp3) is 0.526. The van der Waals surface area contributed by atoms with Crippen LogP contribution in [0.5, 0.6) is 0 Å². The third kappa shape index (κ3) is 4.02. The molecule has 1 aliphatic rings. The van der Waals surface area contributed by atoms with Crippen molar-refractivity contribution in [2.75, 3.05) is 5.32 Å². The van der Waals surface area contributed by atoms with Gasteiger partial charge in [0, 0.05) is 11.3 Å². The molecule has 2 N–H and O–H groups in total. The van der Waals surface area contributed by atoms with E-state index in [4.69, 9.17) is 0 Å². The van der Waals surface area contributed by atoms with Crippen LogP contribution in [0.2, 0.25) is 0 Å². The summed E-state index contributed by atoms with van der Waals surface area (Å²) in [5.41, 5.74) is 0.972. The summed E-state index contributed by atoms with van der Waals surface area (Å²) in [7, 11) is 0. The second kappa shape index (κ2) is 6.38. The third-order valence-electron chi connectivity index (χ3n) is 4.36. The fourth-order valence-electron chi connectivity index (χ4n) is 2.73. The maximum absolute atomic E-state index is 11.7. The summed E-state index contributed by atoms with van der Waals surface area (Å²) in [4.78, 5) is 21.0. The predicted octanol–water partition coefficient (Wildman–Crippen LogP) is 4.20. The van der Waals surface area contributed by atoms with Crippen molar-refractivity contribution in [3.63, 3.8) is 0 Å². The number of hydrogen-bond acceptors (Lipinski definition) is 4. The number of aliphatic carboxylic acids is 1. The maximum Gasteiger partial charge on any atom is 0.326 e. The monoisotopic (exact) mass is 327 g/mol. The molecule has 0 saturated heterocycles. The normalized spacial score (nSPS) is 16.1. The van der Waals surface area contributed by atoms with Crippen molar-refractivity contribution < 1.29 is 9.90 Å². The Balaban J connectivity index is 1.90. The molecule has 3 rings (SSSR count). The number of anilines is 1. The van der Waals surface area contributed by atoms with Crippen molar-refractivity contribution in [3.8, 4) is 0 Å². The van der Waals surface area contributed by atoms with E-state index in [1.54, 1.807) is 0 Å². The van der Waals surface area contributed by atoms with Gasteiger partial charge in [-0.15, -0.1) is 0 Å². The highest BCUT2D eigenvalue weighted by molar-refractivity contribution is 5.91. The van der Waals surface area contributed by atoms with Crippen molar-refractivity contribution in [1.82, 2.24) is 9.97 Å². The molecule has 1 aromatic carbocycles. The van der Waals surface area contributed by atoms with Gasteiger partial charge in [-0.2, -0.15) is 0 Å². The van der Waals surface area contributed by atoms with Crippen LogP contribution in [0, 0.1) is 5.41 Å². The molecule has 0 unspecified atom stereocenters. The molecule has 0 aliphatic heterocycles. The molecule has 24 heavy (non-hydrogen) atoms. The first-order valence-electron chi connectivity index (χ1n) is 8.59. The zero-order valence-electron chi connectivity index (χ0n) is 14.5. The molecule has 1 saturated carbocycles. The van der Waals surface area contributed by atoms with Crippen LogP contribution >= 0.6 is 0 Å². The van der Waals surface area contributed by atoms with Gasteiger partial charge in [0.05, 0.1) is 5.52 Å². The summed E-state index contributed by atoms with van der Waals surface area (Å²) in [6.07, 6.45) is 3.62. The van der Waals surface area contributed by atoms with Crippen molar-refractivity contribution in [1.29, 1.82) is 0 Å². The van der Waals surface area contributed by atoms with E-state index in [-0.39, 0.29) is 5.41 Å². The molecule has 0 amide bonds. The molecule has 5 nitrogen and oxygen atoms in total. The Morgan fingerprint density at radius 3 is 2.62 bits per heavy atom. The van der Waals surface area contributed by atoms with Crippen LogP contribution in [0.25, 0.3) is 10.9 Å². The molecule has 1 aromatic heterocycles. The van der Waals surface area contributed by atoms with E-state index in [1.165, 1.54) is 0 Å². The van der Waals surface area contributed by atoms with Gasteiger partial charge in [0.2, 0.25) is 0 Å². The van der Waals surface area contributed by atoms with E-state index in [1.807, 2.05) is 24.3 Å². The fourth-order valence-corrected chi connectivity index (χ4v) is 2.73. The lowest BCUT2D eigenvalue weighted by Crippen LogP contribution is -2.31. The first kappa shape index (κ1) is 16.7. The maximum atomic E-state index is 11.7. The number of fused-ring (bicyclic) bond motifs is 1. The second-order valence-electron chi connectivity index (χ2n) is 7.86. The molecule has 0 bridgehead atoms. The third-order valence-corrected chi connectivity index (χ3v) is 4.36. The highest BCUT2D eigenvalue weighted by Gasteiger charge is 2.28. The molecule has 1 heterocycles. The lowest BCUT2D eigenvalue weighted by molar-refractivity contribution is -0.138. The average Bonchev–Trinajstić information content (AvgIpc) is 3.34. The molecule has 1 atom stereocenters. The molecular weight excluding hydrogens is 302 g/mol.